The molecule has 1 unspecified atom stereocenters. The minimum atomic E-state index is -0.629. The molecular formula is C22H22N6O2. The van der Waals surface area contributed by atoms with Gasteiger partial charge < -0.3 is 4.98 Å². The van der Waals surface area contributed by atoms with Gasteiger partial charge in [-0.3, -0.25) is 10.0 Å². The van der Waals surface area contributed by atoms with Crippen molar-refractivity contribution in [3.8, 4) is 11.1 Å². The van der Waals surface area contributed by atoms with Crippen LogP contribution in [0.25, 0.3) is 28.2 Å². The standard InChI is InChI=1S/C22H22N6O2/c1-14(2)21(28-13-16(25-27-28)11-12-19(29)26-30)22-23-18-10-6-9-17(20(18)24-22)15-7-4-3-5-8-15/h3-14,21,30H,1-2H3,(H,23,24)(H,26,29)/b12-11+. The van der Waals surface area contributed by atoms with Gasteiger partial charge in [-0.2, -0.15) is 0 Å². The lowest BCUT2D eigenvalue weighted by molar-refractivity contribution is -0.124. The lowest BCUT2D eigenvalue weighted by Crippen LogP contribution is -2.18. The van der Waals surface area contributed by atoms with Crippen molar-refractivity contribution in [2.75, 3.05) is 0 Å². The molecular weight excluding hydrogens is 380 g/mol. The van der Waals surface area contributed by atoms with Crippen molar-refractivity contribution in [3.05, 3.63) is 72.3 Å². The predicted octanol–water partition coefficient (Wildman–Crippen LogP) is 3.59. The van der Waals surface area contributed by atoms with Crippen LogP contribution in [-0.4, -0.2) is 36.1 Å². The Labute approximate surface area is 173 Å². The van der Waals surface area contributed by atoms with Gasteiger partial charge in [-0.1, -0.05) is 61.5 Å². The van der Waals surface area contributed by atoms with Crippen molar-refractivity contribution >= 4 is 23.0 Å². The summed E-state index contributed by atoms with van der Waals surface area (Å²) in [6, 6.07) is 16.1. The summed E-state index contributed by atoms with van der Waals surface area (Å²) < 4.78 is 1.74. The number of imidazole rings is 1. The molecule has 8 heteroatoms. The molecule has 8 nitrogen and oxygen atoms in total. The molecule has 0 aliphatic carbocycles. The number of nitrogens with one attached hydrogen (secondary N) is 2. The molecule has 2 aromatic carbocycles. The van der Waals surface area contributed by atoms with E-state index in [4.69, 9.17) is 10.2 Å². The second kappa shape index (κ2) is 8.30. The molecule has 30 heavy (non-hydrogen) atoms. The number of hydrogen-bond acceptors (Lipinski definition) is 5. The molecule has 0 spiro atoms. The minimum Gasteiger partial charge on any atom is -0.340 e. The van der Waals surface area contributed by atoms with Crippen molar-refractivity contribution < 1.29 is 10.0 Å². The van der Waals surface area contributed by atoms with E-state index in [2.05, 4.69) is 47.3 Å². The van der Waals surface area contributed by atoms with Crippen molar-refractivity contribution in [2.24, 2.45) is 5.92 Å². The maximum Gasteiger partial charge on any atom is 0.267 e. The van der Waals surface area contributed by atoms with E-state index in [1.165, 1.54) is 12.2 Å². The van der Waals surface area contributed by atoms with E-state index in [1.54, 1.807) is 16.4 Å². The Morgan fingerprint density at radius 1 is 1.17 bits per heavy atom. The molecule has 0 fully saturated rings. The maximum absolute atomic E-state index is 11.2. The second-order valence-corrected chi connectivity index (χ2v) is 7.31. The third-order valence-electron chi connectivity index (χ3n) is 4.86. The summed E-state index contributed by atoms with van der Waals surface area (Å²) in [6.07, 6.45) is 4.42. The lowest BCUT2D eigenvalue weighted by atomic mass is 10.0. The normalized spacial score (nSPS) is 12.7. The SMILES string of the molecule is CC(C)C(c1nc2c(-c3ccccc3)cccc2[nH]1)n1cc(/C=C/C(=O)NO)nn1. The van der Waals surface area contributed by atoms with Gasteiger partial charge in [-0.05, 0) is 23.6 Å². The van der Waals surface area contributed by atoms with Gasteiger partial charge in [0.05, 0.1) is 17.2 Å². The Balaban J connectivity index is 1.73. The molecule has 0 saturated carbocycles. The molecule has 0 radical (unpaired) electrons. The molecule has 2 aromatic heterocycles. The fourth-order valence-corrected chi connectivity index (χ4v) is 3.49. The Bertz CT molecular complexity index is 1190. The number of aromatic nitrogens is 5. The molecule has 4 rings (SSSR count). The number of benzene rings is 2. The fraction of sp³-hybridized carbons (Fsp3) is 0.182. The smallest absolute Gasteiger partial charge is 0.267 e. The monoisotopic (exact) mass is 402 g/mol. The van der Waals surface area contributed by atoms with E-state index in [9.17, 15) is 4.79 Å². The summed E-state index contributed by atoms with van der Waals surface area (Å²) >= 11 is 0. The average Bonchev–Trinajstić information content (AvgIpc) is 3.39. The topological polar surface area (TPSA) is 109 Å². The zero-order valence-electron chi connectivity index (χ0n) is 16.6. The minimum absolute atomic E-state index is 0.164. The van der Waals surface area contributed by atoms with Gasteiger partial charge in [-0.15, -0.1) is 5.10 Å². The van der Waals surface area contributed by atoms with Gasteiger partial charge in [0.1, 0.15) is 17.6 Å². The quantitative estimate of drug-likeness (QED) is 0.259. The molecule has 0 aliphatic heterocycles. The van der Waals surface area contributed by atoms with E-state index in [0.717, 1.165) is 28.0 Å². The maximum atomic E-state index is 11.2. The Morgan fingerprint density at radius 3 is 2.70 bits per heavy atom. The van der Waals surface area contributed by atoms with Crippen LogP contribution in [0.2, 0.25) is 0 Å². The third kappa shape index (κ3) is 3.85. The number of carbonyl (C=O) groups excluding carboxylic acids is 1. The number of H-pyrrole nitrogens is 1. The Hall–Kier alpha value is -3.78. The summed E-state index contributed by atoms with van der Waals surface area (Å²) in [4.78, 5) is 19.5. The first-order valence-corrected chi connectivity index (χ1v) is 9.65. The first-order valence-electron chi connectivity index (χ1n) is 9.65. The molecule has 4 aromatic rings. The highest BCUT2D eigenvalue weighted by Crippen LogP contribution is 2.31. The predicted molar refractivity (Wildman–Crippen MR) is 113 cm³/mol. The van der Waals surface area contributed by atoms with Crippen LogP contribution in [0.5, 0.6) is 0 Å². The van der Waals surface area contributed by atoms with Crippen LogP contribution in [-0.2, 0) is 4.79 Å². The van der Waals surface area contributed by atoms with Crippen molar-refractivity contribution in [1.29, 1.82) is 0 Å². The number of aromatic amines is 1. The van der Waals surface area contributed by atoms with Crippen LogP contribution in [0.15, 0.2) is 60.8 Å². The Kier molecular flexibility index (Phi) is 5.40. The largest absolute Gasteiger partial charge is 0.340 e. The number of fused-ring (bicyclic) bond motifs is 1. The van der Waals surface area contributed by atoms with Gasteiger partial charge in [0, 0.05) is 11.6 Å². The summed E-state index contributed by atoms with van der Waals surface area (Å²) in [7, 11) is 0. The van der Waals surface area contributed by atoms with Crippen LogP contribution >= 0.6 is 0 Å². The molecule has 152 valence electrons. The molecule has 3 N–H and O–H groups in total. The molecule has 1 amide bonds. The van der Waals surface area contributed by atoms with E-state index in [1.807, 2.05) is 30.3 Å². The Morgan fingerprint density at radius 2 is 1.97 bits per heavy atom. The van der Waals surface area contributed by atoms with Gasteiger partial charge in [-0.25, -0.2) is 15.1 Å². The fourth-order valence-electron chi connectivity index (χ4n) is 3.49. The van der Waals surface area contributed by atoms with Crippen LogP contribution in [0.1, 0.15) is 31.4 Å². The average molecular weight is 402 g/mol. The highest BCUT2D eigenvalue weighted by atomic mass is 16.5. The number of carbonyl (C=O) groups is 1. The molecule has 0 aliphatic rings. The van der Waals surface area contributed by atoms with E-state index < -0.39 is 5.91 Å². The number of nitrogens with zero attached hydrogens (tertiary/aromatic N) is 4. The van der Waals surface area contributed by atoms with Crippen LogP contribution in [0, 0.1) is 5.92 Å². The van der Waals surface area contributed by atoms with Crippen molar-refractivity contribution in [1.82, 2.24) is 30.4 Å². The first-order chi connectivity index (χ1) is 14.6. The number of hydroxylamine groups is 1. The van der Waals surface area contributed by atoms with Gasteiger partial charge in [0.2, 0.25) is 0 Å². The molecule has 1 atom stereocenters. The summed E-state index contributed by atoms with van der Waals surface area (Å²) in [5, 5.41) is 16.9. The summed E-state index contributed by atoms with van der Waals surface area (Å²) in [5.41, 5.74) is 6.09. The number of para-hydroxylation sites is 1. The summed E-state index contributed by atoms with van der Waals surface area (Å²) in [6.45, 7) is 4.18. The highest BCUT2D eigenvalue weighted by molar-refractivity contribution is 5.92. The molecule has 0 bridgehead atoms. The number of rotatable bonds is 6. The van der Waals surface area contributed by atoms with Crippen LogP contribution in [0.3, 0.4) is 0 Å². The van der Waals surface area contributed by atoms with Crippen LogP contribution < -0.4 is 5.48 Å². The van der Waals surface area contributed by atoms with Gasteiger partial charge >= 0.3 is 0 Å². The molecule has 2 heterocycles. The van der Waals surface area contributed by atoms with E-state index in [0.29, 0.717) is 5.69 Å². The number of amides is 1. The van der Waals surface area contributed by atoms with E-state index >= 15 is 0 Å². The highest BCUT2D eigenvalue weighted by Gasteiger charge is 2.24. The van der Waals surface area contributed by atoms with Gasteiger partial charge in [0.25, 0.3) is 5.91 Å². The zero-order valence-corrected chi connectivity index (χ0v) is 16.6. The van der Waals surface area contributed by atoms with E-state index in [-0.39, 0.29) is 12.0 Å². The first kappa shape index (κ1) is 19.5. The third-order valence-corrected chi connectivity index (χ3v) is 4.86. The zero-order chi connectivity index (χ0) is 21.1. The van der Waals surface area contributed by atoms with Crippen molar-refractivity contribution in [3.63, 3.8) is 0 Å². The van der Waals surface area contributed by atoms with Crippen LogP contribution in [0.4, 0.5) is 0 Å². The van der Waals surface area contributed by atoms with Crippen molar-refractivity contribution in [2.45, 2.75) is 19.9 Å². The second-order valence-electron chi connectivity index (χ2n) is 7.31. The van der Waals surface area contributed by atoms with Gasteiger partial charge in [0.15, 0.2) is 0 Å². The number of hydrogen-bond donors (Lipinski definition) is 3. The lowest BCUT2D eigenvalue weighted by Gasteiger charge is -2.18. The summed E-state index contributed by atoms with van der Waals surface area (Å²) in [5.74, 6) is 0.345. The molecule has 0 saturated heterocycles.